The van der Waals surface area contributed by atoms with Crippen molar-refractivity contribution >= 4 is 17.7 Å². The molecule has 1 heterocycles. The average molecular weight is 473 g/mol. The molecule has 192 valence electrons. The molecule has 5 heteroatoms. The van der Waals surface area contributed by atoms with E-state index in [4.69, 9.17) is 0 Å². The van der Waals surface area contributed by atoms with Crippen molar-refractivity contribution in [3.63, 3.8) is 0 Å². The second-order valence-corrected chi connectivity index (χ2v) is 9.72. The Morgan fingerprint density at radius 3 is 2.09 bits per heavy atom. The summed E-state index contributed by atoms with van der Waals surface area (Å²) in [5.41, 5.74) is 0. The predicted octanol–water partition coefficient (Wildman–Crippen LogP) is 6.60. The first-order valence-corrected chi connectivity index (χ1v) is 13.5. The number of carbonyl (C=O) groups excluding carboxylic acids is 3. The van der Waals surface area contributed by atoms with Gasteiger partial charge in [-0.25, -0.2) is 0 Å². The Balaban J connectivity index is 1.86. The molecule has 1 aliphatic rings. The molecule has 0 bridgehead atoms. The fourth-order valence-corrected chi connectivity index (χ4v) is 4.25. The lowest BCUT2D eigenvalue weighted by Gasteiger charge is -2.16. The number of allylic oxidation sites excluding steroid dienone is 3. The summed E-state index contributed by atoms with van der Waals surface area (Å²) in [4.78, 5) is 38.0. The molecule has 5 nitrogen and oxygen atoms in total. The summed E-state index contributed by atoms with van der Waals surface area (Å²) in [6.07, 6.45) is 25.9. The van der Waals surface area contributed by atoms with Gasteiger partial charge in [-0.05, 0) is 44.4 Å². The van der Waals surface area contributed by atoms with Gasteiger partial charge < -0.3 is 4.90 Å². The van der Waals surface area contributed by atoms with Crippen LogP contribution in [0.25, 0.3) is 0 Å². The van der Waals surface area contributed by atoms with Gasteiger partial charge in [0.15, 0.2) is 0 Å². The molecule has 0 fully saturated rings. The van der Waals surface area contributed by atoms with Gasteiger partial charge in [-0.15, -0.1) is 6.58 Å². The summed E-state index contributed by atoms with van der Waals surface area (Å²) in [5.74, 6) is 0.680. The number of rotatable bonds is 21. The SMILES string of the molecule is C=CCCC(=O)N(C)CCC/C=C/CCCC(C)CCCCCCCCCN1C(=O)C=CC1=O. The van der Waals surface area contributed by atoms with Gasteiger partial charge in [-0.1, -0.05) is 76.5 Å². The summed E-state index contributed by atoms with van der Waals surface area (Å²) >= 11 is 0. The average Bonchev–Trinajstić information content (AvgIpc) is 3.14. The molecule has 0 spiro atoms. The van der Waals surface area contributed by atoms with Gasteiger partial charge in [-0.3, -0.25) is 19.3 Å². The highest BCUT2D eigenvalue weighted by molar-refractivity contribution is 6.12. The molecule has 0 radical (unpaired) electrons. The van der Waals surface area contributed by atoms with Gasteiger partial charge in [0.1, 0.15) is 0 Å². The van der Waals surface area contributed by atoms with E-state index in [0.717, 1.165) is 51.0 Å². The molecule has 3 amide bonds. The van der Waals surface area contributed by atoms with E-state index < -0.39 is 0 Å². The van der Waals surface area contributed by atoms with Crippen LogP contribution < -0.4 is 0 Å². The highest BCUT2D eigenvalue weighted by Gasteiger charge is 2.22. The van der Waals surface area contributed by atoms with E-state index in [1.807, 2.05) is 11.9 Å². The van der Waals surface area contributed by atoms with E-state index in [1.165, 1.54) is 68.4 Å². The lowest BCUT2D eigenvalue weighted by molar-refractivity contribution is -0.137. The molecule has 34 heavy (non-hydrogen) atoms. The molecule has 0 saturated heterocycles. The van der Waals surface area contributed by atoms with Crippen molar-refractivity contribution in [3.8, 4) is 0 Å². The number of imide groups is 1. The van der Waals surface area contributed by atoms with Crippen LogP contribution in [0, 0.1) is 5.92 Å². The summed E-state index contributed by atoms with van der Waals surface area (Å²) in [6, 6.07) is 0. The molecule has 0 saturated carbocycles. The van der Waals surface area contributed by atoms with Crippen LogP contribution in [0.1, 0.15) is 103 Å². The summed E-state index contributed by atoms with van der Waals surface area (Å²) in [5, 5.41) is 0. The fraction of sp³-hybridized carbons (Fsp3) is 0.690. The molecule has 0 aliphatic carbocycles. The minimum Gasteiger partial charge on any atom is -0.346 e. The highest BCUT2D eigenvalue weighted by atomic mass is 16.2. The zero-order valence-corrected chi connectivity index (χ0v) is 21.8. The van der Waals surface area contributed by atoms with Crippen molar-refractivity contribution in [2.45, 2.75) is 103 Å². The van der Waals surface area contributed by atoms with Gasteiger partial charge >= 0.3 is 0 Å². The van der Waals surface area contributed by atoms with Crippen LogP contribution in [-0.4, -0.2) is 47.7 Å². The van der Waals surface area contributed by atoms with Gasteiger partial charge in [0.25, 0.3) is 11.8 Å². The smallest absolute Gasteiger partial charge is 0.253 e. The van der Waals surface area contributed by atoms with Crippen LogP contribution in [0.15, 0.2) is 37.0 Å². The van der Waals surface area contributed by atoms with Crippen molar-refractivity contribution in [2.24, 2.45) is 5.92 Å². The summed E-state index contributed by atoms with van der Waals surface area (Å²) < 4.78 is 0. The lowest BCUT2D eigenvalue weighted by Crippen LogP contribution is -2.30. The highest BCUT2D eigenvalue weighted by Crippen LogP contribution is 2.18. The van der Waals surface area contributed by atoms with Crippen molar-refractivity contribution in [2.75, 3.05) is 20.1 Å². The quantitative estimate of drug-likeness (QED) is 0.107. The van der Waals surface area contributed by atoms with Crippen LogP contribution in [0.3, 0.4) is 0 Å². The molecular formula is C29H48N2O3. The molecule has 0 aromatic heterocycles. The third kappa shape index (κ3) is 14.2. The number of nitrogens with zero attached hydrogens (tertiary/aromatic N) is 2. The normalized spacial score (nSPS) is 14.4. The van der Waals surface area contributed by atoms with E-state index in [-0.39, 0.29) is 17.7 Å². The van der Waals surface area contributed by atoms with E-state index in [1.54, 1.807) is 6.08 Å². The Morgan fingerprint density at radius 2 is 1.44 bits per heavy atom. The number of amides is 3. The topological polar surface area (TPSA) is 57.7 Å². The molecule has 1 rings (SSSR count). The van der Waals surface area contributed by atoms with Crippen LogP contribution in [0.4, 0.5) is 0 Å². The van der Waals surface area contributed by atoms with Gasteiger partial charge in [0, 0.05) is 38.7 Å². The Bertz CT molecular complexity index is 650. The monoisotopic (exact) mass is 472 g/mol. The molecule has 0 aromatic rings. The first-order chi connectivity index (χ1) is 16.5. The third-order valence-corrected chi connectivity index (χ3v) is 6.57. The van der Waals surface area contributed by atoms with Crippen molar-refractivity contribution in [1.82, 2.24) is 9.80 Å². The second kappa shape index (κ2) is 19.2. The van der Waals surface area contributed by atoms with Crippen molar-refractivity contribution in [1.29, 1.82) is 0 Å². The second-order valence-electron chi connectivity index (χ2n) is 9.72. The molecule has 1 aliphatic heterocycles. The maximum Gasteiger partial charge on any atom is 0.253 e. The van der Waals surface area contributed by atoms with E-state index in [9.17, 15) is 14.4 Å². The molecular weight excluding hydrogens is 424 g/mol. The third-order valence-electron chi connectivity index (χ3n) is 6.57. The van der Waals surface area contributed by atoms with E-state index in [0.29, 0.717) is 13.0 Å². The predicted molar refractivity (Wildman–Crippen MR) is 141 cm³/mol. The van der Waals surface area contributed by atoms with Gasteiger partial charge in [0.05, 0.1) is 0 Å². The molecule has 1 atom stereocenters. The van der Waals surface area contributed by atoms with Gasteiger partial charge in [-0.2, -0.15) is 0 Å². The summed E-state index contributed by atoms with van der Waals surface area (Å²) in [6.45, 7) is 7.43. The number of hydrogen-bond acceptors (Lipinski definition) is 3. The van der Waals surface area contributed by atoms with Crippen LogP contribution in [0.2, 0.25) is 0 Å². The Kier molecular flexibility index (Phi) is 16.8. The van der Waals surface area contributed by atoms with Crippen LogP contribution >= 0.6 is 0 Å². The molecule has 0 N–H and O–H groups in total. The Hall–Kier alpha value is -2.17. The van der Waals surface area contributed by atoms with Crippen LogP contribution in [-0.2, 0) is 14.4 Å². The van der Waals surface area contributed by atoms with Gasteiger partial charge in [0.2, 0.25) is 5.91 Å². The van der Waals surface area contributed by atoms with E-state index >= 15 is 0 Å². The number of carbonyl (C=O) groups is 3. The first-order valence-electron chi connectivity index (χ1n) is 13.5. The zero-order valence-electron chi connectivity index (χ0n) is 21.8. The molecule has 0 aromatic carbocycles. The Labute approximate surface area is 208 Å². The number of unbranched alkanes of at least 4 members (excludes halogenated alkanes) is 8. The fourth-order valence-electron chi connectivity index (χ4n) is 4.25. The lowest BCUT2D eigenvalue weighted by atomic mass is 9.96. The largest absolute Gasteiger partial charge is 0.346 e. The summed E-state index contributed by atoms with van der Waals surface area (Å²) in [7, 11) is 1.89. The molecule has 1 unspecified atom stereocenters. The number of hydrogen-bond donors (Lipinski definition) is 0. The van der Waals surface area contributed by atoms with Crippen LogP contribution in [0.5, 0.6) is 0 Å². The minimum atomic E-state index is -0.164. The first kappa shape index (κ1) is 29.9. The maximum atomic E-state index is 11.8. The van der Waals surface area contributed by atoms with Crippen molar-refractivity contribution in [3.05, 3.63) is 37.0 Å². The van der Waals surface area contributed by atoms with E-state index in [2.05, 4.69) is 25.7 Å². The zero-order chi connectivity index (χ0) is 25.0. The standard InChI is InChI=1S/C29H48N2O3/c1-4-5-21-27(32)30(3)24-17-13-10-8-12-16-20-26(2)19-15-11-7-6-9-14-18-25-31-28(33)22-23-29(31)34/h4,8,10,22-23,26H,1,5-7,9,11-21,24-25H2,2-3H3/b10-8+. The maximum absolute atomic E-state index is 11.8. The minimum absolute atomic E-state index is 0.164. The van der Waals surface area contributed by atoms with Crippen molar-refractivity contribution < 1.29 is 14.4 Å². The Morgan fingerprint density at radius 1 is 0.882 bits per heavy atom.